The average molecular weight is 515 g/mol. The molecule has 34 heavy (non-hydrogen) atoms. The highest BCUT2D eigenvalue weighted by atomic mass is 35.5. The first-order valence-corrected chi connectivity index (χ1v) is 12.6. The number of pyridine rings is 1. The van der Waals surface area contributed by atoms with Gasteiger partial charge in [-0.3, -0.25) is 9.36 Å². The van der Waals surface area contributed by atoms with Crippen molar-refractivity contribution in [3.63, 3.8) is 0 Å². The topological polar surface area (TPSA) is 68.2 Å². The van der Waals surface area contributed by atoms with E-state index in [2.05, 4.69) is 5.32 Å². The summed E-state index contributed by atoms with van der Waals surface area (Å²) in [5.74, 6) is -0.503. The summed E-state index contributed by atoms with van der Waals surface area (Å²) in [6.45, 7) is -0.160. The molecule has 0 unspecified atom stereocenters. The fraction of sp³-hybridized carbons (Fsp3) is 0.0800. The van der Waals surface area contributed by atoms with Crippen LogP contribution in [0.1, 0.15) is 0 Å². The van der Waals surface area contributed by atoms with Crippen LogP contribution >= 0.6 is 23.2 Å². The molecule has 5 rings (SSSR count). The fourth-order valence-corrected chi connectivity index (χ4v) is 5.89. The maximum atomic E-state index is 14.3. The van der Waals surface area contributed by atoms with Crippen molar-refractivity contribution in [3.8, 4) is 22.3 Å². The van der Waals surface area contributed by atoms with Crippen LogP contribution in [0.3, 0.4) is 0 Å². The predicted octanol–water partition coefficient (Wildman–Crippen LogP) is 5.85. The Hall–Kier alpha value is -3.13. The van der Waals surface area contributed by atoms with E-state index in [1.165, 1.54) is 28.8 Å². The van der Waals surface area contributed by atoms with Crippen molar-refractivity contribution in [1.29, 1.82) is 0 Å². The predicted molar refractivity (Wildman–Crippen MR) is 133 cm³/mol. The van der Waals surface area contributed by atoms with Gasteiger partial charge >= 0.3 is 0 Å². The minimum Gasteiger partial charge on any atom is -0.353 e. The third kappa shape index (κ3) is 3.90. The molecule has 1 aliphatic heterocycles. The number of hydrogen-bond acceptors (Lipinski definition) is 4. The van der Waals surface area contributed by atoms with Crippen LogP contribution in [0.5, 0.6) is 0 Å². The second-order valence-electron chi connectivity index (χ2n) is 7.85. The van der Waals surface area contributed by atoms with Gasteiger partial charge in [-0.1, -0.05) is 59.6 Å². The van der Waals surface area contributed by atoms with Crippen LogP contribution < -0.4 is 10.9 Å². The molecule has 0 saturated carbocycles. The molecule has 0 radical (unpaired) electrons. The summed E-state index contributed by atoms with van der Waals surface area (Å²) in [5.41, 5.74) is 2.32. The van der Waals surface area contributed by atoms with E-state index in [0.717, 1.165) is 17.2 Å². The first kappa shape index (κ1) is 22.7. The van der Waals surface area contributed by atoms with Gasteiger partial charge in [0.1, 0.15) is 16.5 Å². The minimum absolute atomic E-state index is 0.160. The number of aromatic nitrogens is 1. The van der Waals surface area contributed by atoms with Crippen molar-refractivity contribution in [2.24, 2.45) is 0 Å². The SMILES string of the molecule is O=c1cc(-c2ccc(Cl)cc2)c(-c2ccc(Cl)cc2)c2n1C[C@@H](S(=O)(=O)c1ccccc1F)N2. The molecule has 3 aromatic carbocycles. The highest BCUT2D eigenvalue weighted by Gasteiger charge is 2.37. The molecule has 1 atom stereocenters. The highest BCUT2D eigenvalue weighted by molar-refractivity contribution is 7.92. The number of nitrogens with zero attached hydrogens (tertiary/aromatic N) is 1. The molecule has 1 aromatic heterocycles. The molecular weight excluding hydrogens is 498 g/mol. The number of fused-ring (bicyclic) bond motifs is 1. The Labute approximate surface area is 205 Å². The van der Waals surface area contributed by atoms with Crippen molar-refractivity contribution in [3.05, 3.63) is 105 Å². The fourth-order valence-electron chi connectivity index (χ4n) is 4.11. The molecule has 0 aliphatic carbocycles. The Kier molecular flexibility index (Phi) is 5.72. The largest absolute Gasteiger partial charge is 0.353 e. The smallest absolute Gasteiger partial charge is 0.252 e. The Balaban J connectivity index is 1.70. The monoisotopic (exact) mass is 514 g/mol. The Bertz CT molecular complexity index is 1570. The Morgan fingerprint density at radius 3 is 2.09 bits per heavy atom. The summed E-state index contributed by atoms with van der Waals surface area (Å²) in [4.78, 5) is 12.7. The van der Waals surface area contributed by atoms with Gasteiger partial charge in [-0.25, -0.2) is 12.8 Å². The van der Waals surface area contributed by atoms with Crippen molar-refractivity contribution in [1.82, 2.24) is 4.57 Å². The maximum Gasteiger partial charge on any atom is 0.252 e. The maximum absolute atomic E-state index is 14.3. The van der Waals surface area contributed by atoms with Gasteiger partial charge < -0.3 is 5.32 Å². The lowest BCUT2D eigenvalue weighted by atomic mass is 9.95. The van der Waals surface area contributed by atoms with Crippen LogP contribution in [-0.4, -0.2) is 18.4 Å². The zero-order valence-electron chi connectivity index (χ0n) is 17.5. The molecule has 0 amide bonds. The lowest BCUT2D eigenvalue weighted by Gasteiger charge is -2.17. The number of sulfone groups is 1. The Morgan fingerprint density at radius 2 is 1.47 bits per heavy atom. The number of rotatable bonds is 4. The average Bonchev–Trinajstić information content (AvgIpc) is 3.27. The molecule has 4 aromatic rings. The zero-order chi connectivity index (χ0) is 24.0. The molecule has 172 valence electrons. The summed E-state index contributed by atoms with van der Waals surface area (Å²) >= 11 is 12.1. The molecule has 1 aliphatic rings. The van der Waals surface area contributed by atoms with Crippen LogP contribution in [0.15, 0.2) is 88.6 Å². The summed E-state index contributed by atoms with van der Waals surface area (Å²) in [7, 11) is -4.13. The summed E-state index contributed by atoms with van der Waals surface area (Å²) in [6, 6.07) is 20.7. The lowest BCUT2D eigenvalue weighted by molar-refractivity contribution is 0.555. The van der Waals surface area contributed by atoms with Gasteiger partial charge in [0.15, 0.2) is 5.37 Å². The molecule has 0 saturated heterocycles. The van der Waals surface area contributed by atoms with Gasteiger partial charge in [0.05, 0.1) is 6.54 Å². The summed E-state index contributed by atoms with van der Waals surface area (Å²) < 4.78 is 42.3. The van der Waals surface area contributed by atoms with Gasteiger partial charge in [0.25, 0.3) is 5.56 Å². The molecule has 0 fully saturated rings. The van der Waals surface area contributed by atoms with Crippen molar-refractivity contribution in [2.45, 2.75) is 16.8 Å². The van der Waals surface area contributed by atoms with E-state index in [1.807, 2.05) is 0 Å². The van der Waals surface area contributed by atoms with E-state index in [9.17, 15) is 17.6 Å². The van der Waals surface area contributed by atoms with E-state index in [0.29, 0.717) is 27.0 Å². The van der Waals surface area contributed by atoms with E-state index >= 15 is 0 Å². The zero-order valence-corrected chi connectivity index (χ0v) is 19.8. The van der Waals surface area contributed by atoms with Gasteiger partial charge in [0, 0.05) is 21.7 Å². The lowest BCUT2D eigenvalue weighted by Crippen LogP contribution is -2.29. The highest BCUT2D eigenvalue weighted by Crippen LogP contribution is 2.40. The first-order chi connectivity index (χ1) is 16.3. The molecular formula is C25H17Cl2FN2O3S. The van der Waals surface area contributed by atoms with Crippen molar-refractivity contribution >= 4 is 38.9 Å². The summed E-state index contributed by atoms with van der Waals surface area (Å²) in [6.07, 6.45) is 0. The molecule has 2 heterocycles. The van der Waals surface area contributed by atoms with Crippen LogP contribution in [0.25, 0.3) is 22.3 Å². The normalized spacial score (nSPS) is 15.1. The number of halogens is 3. The van der Waals surface area contributed by atoms with Crippen LogP contribution in [0, 0.1) is 5.82 Å². The molecule has 1 N–H and O–H groups in total. The van der Waals surface area contributed by atoms with Crippen LogP contribution in [0.2, 0.25) is 10.0 Å². The third-order valence-electron chi connectivity index (χ3n) is 5.76. The number of nitrogens with one attached hydrogen (secondary N) is 1. The molecule has 5 nitrogen and oxygen atoms in total. The van der Waals surface area contributed by atoms with Gasteiger partial charge in [-0.2, -0.15) is 0 Å². The van der Waals surface area contributed by atoms with Crippen molar-refractivity contribution < 1.29 is 12.8 Å². The second-order valence-corrected chi connectivity index (χ2v) is 10.8. The standard InChI is InChI=1S/C25H17Cl2FN2O3S/c26-17-9-5-15(6-10-17)19-13-23(31)30-14-22(34(32,33)21-4-2-1-3-20(21)28)29-25(30)24(19)16-7-11-18(27)12-8-16/h1-13,22,29H,14H2/t22-/m1/s1. The first-order valence-electron chi connectivity index (χ1n) is 10.3. The van der Waals surface area contributed by atoms with E-state index in [1.54, 1.807) is 48.5 Å². The minimum atomic E-state index is -4.13. The van der Waals surface area contributed by atoms with Gasteiger partial charge in [-0.05, 0) is 53.1 Å². The van der Waals surface area contributed by atoms with Gasteiger partial charge in [0.2, 0.25) is 9.84 Å². The number of anilines is 1. The number of hydrogen-bond donors (Lipinski definition) is 1. The quantitative estimate of drug-likeness (QED) is 0.370. The third-order valence-corrected chi connectivity index (χ3v) is 8.23. The van der Waals surface area contributed by atoms with E-state index < -0.39 is 25.9 Å². The van der Waals surface area contributed by atoms with Gasteiger partial charge in [-0.15, -0.1) is 0 Å². The molecule has 9 heteroatoms. The van der Waals surface area contributed by atoms with Crippen LogP contribution in [-0.2, 0) is 16.4 Å². The molecule has 0 bridgehead atoms. The van der Waals surface area contributed by atoms with Crippen molar-refractivity contribution in [2.75, 3.05) is 5.32 Å². The summed E-state index contributed by atoms with van der Waals surface area (Å²) in [5, 5.41) is 2.86. The van der Waals surface area contributed by atoms with E-state index in [-0.39, 0.29) is 12.1 Å². The number of benzene rings is 3. The van der Waals surface area contributed by atoms with Crippen LogP contribution in [0.4, 0.5) is 10.2 Å². The Morgan fingerprint density at radius 1 is 0.882 bits per heavy atom. The van der Waals surface area contributed by atoms with E-state index in [4.69, 9.17) is 23.2 Å². The molecule has 0 spiro atoms. The second kappa shape index (κ2) is 8.58.